The SMILES string of the molecule is COc1cccc(N2C(=O)[C@H]3N=NN(Cc4nc(-c5ccc(C)c(C)c5)no4)[C@@H]3C2=O)c1. The van der Waals surface area contributed by atoms with Crippen molar-refractivity contribution in [3.05, 3.63) is 59.5 Å². The molecule has 1 saturated heterocycles. The molecule has 0 unspecified atom stereocenters. The minimum absolute atomic E-state index is 0.0630. The largest absolute Gasteiger partial charge is 0.497 e. The van der Waals surface area contributed by atoms with Crippen molar-refractivity contribution < 1.29 is 18.8 Å². The molecule has 0 radical (unpaired) electrons. The van der Waals surface area contributed by atoms with Crippen LogP contribution in [0.4, 0.5) is 5.69 Å². The number of imide groups is 1. The lowest BCUT2D eigenvalue weighted by molar-refractivity contribution is -0.123. The second-order valence-corrected chi connectivity index (χ2v) is 7.72. The van der Waals surface area contributed by atoms with Crippen LogP contribution in [0.15, 0.2) is 57.3 Å². The van der Waals surface area contributed by atoms with Gasteiger partial charge in [0.25, 0.3) is 11.8 Å². The molecule has 3 aromatic rings. The molecule has 1 aromatic heterocycles. The Balaban J connectivity index is 1.36. The zero-order chi connectivity index (χ0) is 22.4. The smallest absolute Gasteiger partial charge is 0.263 e. The summed E-state index contributed by atoms with van der Waals surface area (Å²) < 4.78 is 10.6. The first-order valence-corrected chi connectivity index (χ1v) is 10.1. The Morgan fingerprint density at radius 2 is 1.91 bits per heavy atom. The highest BCUT2D eigenvalue weighted by atomic mass is 16.5. The second-order valence-electron chi connectivity index (χ2n) is 7.72. The average Bonchev–Trinajstić information content (AvgIpc) is 3.48. The van der Waals surface area contributed by atoms with Gasteiger partial charge in [-0.3, -0.25) is 14.6 Å². The maximum atomic E-state index is 13.1. The minimum atomic E-state index is -0.907. The summed E-state index contributed by atoms with van der Waals surface area (Å²) >= 11 is 0. The summed E-state index contributed by atoms with van der Waals surface area (Å²) in [5.41, 5.74) is 3.56. The van der Waals surface area contributed by atoms with Gasteiger partial charge >= 0.3 is 0 Å². The normalized spacial score (nSPS) is 19.7. The number of fused-ring (bicyclic) bond motifs is 1. The van der Waals surface area contributed by atoms with E-state index >= 15 is 0 Å². The van der Waals surface area contributed by atoms with Crippen molar-refractivity contribution in [1.29, 1.82) is 0 Å². The number of ether oxygens (including phenoxy) is 1. The summed E-state index contributed by atoms with van der Waals surface area (Å²) in [6.07, 6.45) is 0. The first kappa shape index (κ1) is 19.9. The topological polar surface area (TPSA) is 113 Å². The van der Waals surface area contributed by atoms with Gasteiger partial charge in [-0.1, -0.05) is 28.6 Å². The van der Waals surface area contributed by atoms with Crippen molar-refractivity contribution in [2.24, 2.45) is 10.3 Å². The second kappa shape index (κ2) is 7.56. The summed E-state index contributed by atoms with van der Waals surface area (Å²) in [4.78, 5) is 31.6. The third kappa shape index (κ3) is 3.20. The van der Waals surface area contributed by atoms with Crippen LogP contribution in [0.2, 0.25) is 0 Å². The van der Waals surface area contributed by atoms with Crippen LogP contribution in [0, 0.1) is 13.8 Å². The number of hydrogen-bond acceptors (Lipinski definition) is 9. The van der Waals surface area contributed by atoms with Crippen molar-refractivity contribution >= 4 is 17.5 Å². The lowest BCUT2D eigenvalue weighted by Gasteiger charge is -2.19. The van der Waals surface area contributed by atoms with Crippen LogP contribution in [-0.2, 0) is 16.1 Å². The fourth-order valence-electron chi connectivity index (χ4n) is 3.81. The van der Waals surface area contributed by atoms with Gasteiger partial charge < -0.3 is 9.26 Å². The first-order chi connectivity index (χ1) is 15.5. The quantitative estimate of drug-likeness (QED) is 0.570. The Labute approximate surface area is 183 Å². The molecule has 3 heterocycles. The molecule has 162 valence electrons. The van der Waals surface area contributed by atoms with Crippen molar-refractivity contribution in [3.8, 4) is 17.1 Å². The molecule has 0 bridgehead atoms. The van der Waals surface area contributed by atoms with Gasteiger partial charge in [0.1, 0.15) is 12.3 Å². The number of hydrogen-bond donors (Lipinski definition) is 0. The summed E-state index contributed by atoms with van der Waals surface area (Å²) in [6.45, 7) is 4.11. The van der Waals surface area contributed by atoms with Crippen molar-refractivity contribution in [1.82, 2.24) is 15.1 Å². The van der Waals surface area contributed by atoms with Gasteiger partial charge in [0.15, 0.2) is 12.1 Å². The van der Waals surface area contributed by atoms with E-state index in [1.807, 2.05) is 32.0 Å². The molecule has 0 aliphatic carbocycles. The molecule has 32 heavy (non-hydrogen) atoms. The van der Waals surface area contributed by atoms with Crippen molar-refractivity contribution in [3.63, 3.8) is 0 Å². The van der Waals surface area contributed by atoms with Crippen LogP contribution in [0.3, 0.4) is 0 Å². The van der Waals surface area contributed by atoms with Crippen molar-refractivity contribution in [2.45, 2.75) is 32.5 Å². The molecule has 1 fully saturated rings. The molecule has 10 heteroatoms. The van der Waals surface area contributed by atoms with E-state index in [0.717, 1.165) is 16.0 Å². The molecule has 10 nitrogen and oxygen atoms in total. The van der Waals surface area contributed by atoms with E-state index in [1.54, 1.807) is 24.3 Å². The van der Waals surface area contributed by atoms with Gasteiger partial charge in [0, 0.05) is 11.6 Å². The molecular formula is C22H20N6O4. The maximum absolute atomic E-state index is 13.1. The molecule has 2 amide bonds. The van der Waals surface area contributed by atoms with E-state index in [0.29, 0.717) is 17.3 Å². The Bertz CT molecular complexity index is 1250. The Morgan fingerprint density at radius 3 is 2.69 bits per heavy atom. The number of carbonyl (C=O) groups excluding carboxylic acids is 2. The molecule has 0 spiro atoms. The number of methoxy groups -OCH3 is 1. The number of nitrogens with zero attached hydrogens (tertiary/aromatic N) is 6. The molecule has 2 aromatic carbocycles. The van der Waals surface area contributed by atoms with Crippen LogP contribution in [0.5, 0.6) is 5.75 Å². The van der Waals surface area contributed by atoms with Gasteiger partial charge in [0.05, 0.1) is 12.8 Å². The third-order valence-corrected chi connectivity index (χ3v) is 5.70. The van der Waals surface area contributed by atoms with E-state index in [2.05, 4.69) is 20.5 Å². The monoisotopic (exact) mass is 432 g/mol. The van der Waals surface area contributed by atoms with Crippen LogP contribution < -0.4 is 9.64 Å². The minimum Gasteiger partial charge on any atom is -0.497 e. The van der Waals surface area contributed by atoms with Gasteiger partial charge in [-0.2, -0.15) is 10.1 Å². The number of rotatable bonds is 5. The van der Waals surface area contributed by atoms with Gasteiger partial charge in [-0.25, -0.2) is 4.90 Å². The summed E-state index contributed by atoms with van der Waals surface area (Å²) in [7, 11) is 1.52. The van der Waals surface area contributed by atoms with Crippen LogP contribution in [-0.4, -0.2) is 46.2 Å². The number of carbonyl (C=O) groups is 2. The lowest BCUT2D eigenvalue weighted by Crippen LogP contribution is -2.39. The summed E-state index contributed by atoms with van der Waals surface area (Å²) in [5.74, 6) is 0.428. The molecule has 2 atom stereocenters. The highest BCUT2D eigenvalue weighted by Gasteiger charge is 2.55. The molecule has 5 rings (SSSR count). The Hall–Kier alpha value is -4.08. The molecule has 0 saturated carbocycles. The Morgan fingerprint density at radius 1 is 1.06 bits per heavy atom. The number of aryl methyl sites for hydroxylation is 2. The van der Waals surface area contributed by atoms with E-state index < -0.39 is 23.9 Å². The van der Waals surface area contributed by atoms with Crippen molar-refractivity contribution in [2.75, 3.05) is 12.0 Å². The maximum Gasteiger partial charge on any atom is 0.263 e. The number of benzene rings is 2. The summed E-state index contributed by atoms with van der Waals surface area (Å²) in [6, 6.07) is 10.9. The van der Waals surface area contributed by atoms with Crippen LogP contribution in [0.25, 0.3) is 11.4 Å². The molecule has 2 aliphatic heterocycles. The third-order valence-electron chi connectivity index (χ3n) is 5.70. The fourth-order valence-corrected chi connectivity index (χ4v) is 3.81. The predicted molar refractivity (Wildman–Crippen MR) is 113 cm³/mol. The van der Waals surface area contributed by atoms with Crippen LogP contribution in [0.1, 0.15) is 17.0 Å². The zero-order valence-corrected chi connectivity index (χ0v) is 17.7. The average molecular weight is 432 g/mol. The van der Waals surface area contributed by atoms with Gasteiger partial charge in [0.2, 0.25) is 11.7 Å². The lowest BCUT2D eigenvalue weighted by atomic mass is 10.1. The number of anilines is 1. The standard InChI is InChI=1S/C22H20N6O4/c1-12-7-8-14(9-13(12)2)20-23-17(32-25-20)11-27-19-18(24-26-27)21(29)28(22(19)30)15-5-4-6-16(10-15)31-3/h4-10,18-19H,11H2,1-3H3/t18-,19-/m0/s1. The van der Waals surface area contributed by atoms with E-state index in [1.165, 1.54) is 17.7 Å². The van der Waals surface area contributed by atoms with Gasteiger partial charge in [-0.05, 0) is 43.2 Å². The fraction of sp³-hybridized carbons (Fsp3) is 0.273. The first-order valence-electron chi connectivity index (χ1n) is 10.1. The molecule has 0 N–H and O–H groups in total. The molecular weight excluding hydrogens is 412 g/mol. The number of amides is 2. The van der Waals surface area contributed by atoms with E-state index in [-0.39, 0.29) is 12.4 Å². The Kier molecular flexibility index (Phi) is 4.69. The number of aromatic nitrogens is 2. The van der Waals surface area contributed by atoms with Crippen LogP contribution >= 0.6 is 0 Å². The molecule has 2 aliphatic rings. The zero-order valence-electron chi connectivity index (χ0n) is 17.7. The van der Waals surface area contributed by atoms with E-state index in [4.69, 9.17) is 9.26 Å². The van der Waals surface area contributed by atoms with Gasteiger partial charge in [-0.15, -0.1) is 0 Å². The predicted octanol–water partition coefficient (Wildman–Crippen LogP) is 2.86. The summed E-state index contributed by atoms with van der Waals surface area (Å²) in [5, 5.41) is 13.5. The highest BCUT2D eigenvalue weighted by Crippen LogP contribution is 2.34. The van der Waals surface area contributed by atoms with E-state index in [9.17, 15) is 9.59 Å². The highest BCUT2D eigenvalue weighted by molar-refractivity contribution is 6.25.